The van der Waals surface area contributed by atoms with Crippen molar-refractivity contribution in [3.05, 3.63) is 71.0 Å². The molecule has 2 aromatic carbocycles. The van der Waals surface area contributed by atoms with Crippen molar-refractivity contribution in [3.63, 3.8) is 0 Å². The normalized spacial score (nSPS) is 21.8. The number of likely N-dealkylation sites (N-methyl/N-ethyl adjacent to an activating group) is 1. The molecule has 31 heavy (non-hydrogen) atoms. The highest BCUT2D eigenvalue weighted by molar-refractivity contribution is 5.81. The fourth-order valence-electron chi connectivity index (χ4n) is 4.60. The molecule has 1 atom stereocenters. The zero-order valence-electron chi connectivity index (χ0n) is 18.4. The Hall–Kier alpha value is -2.28. The largest absolute Gasteiger partial charge is 0.359 e. The number of nitrogens with one attached hydrogen (secondary N) is 1. The number of nitrogens with zero attached hydrogens (tertiary/aromatic N) is 2. The molecule has 0 bridgehead atoms. The second-order valence-corrected chi connectivity index (χ2v) is 9.09. The Bertz CT molecular complexity index is 877. The molecule has 4 rings (SSSR count). The van der Waals surface area contributed by atoms with Crippen LogP contribution in [0, 0.1) is 12.7 Å². The maximum absolute atomic E-state index is 13.1. The van der Waals surface area contributed by atoms with E-state index in [9.17, 15) is 9.18 Å². The van der Waals surface area contributed by atoms with Gasteiger partial charge in [0.2, 0.25) is 0 Å². The predicted octanol–water partition coefficient (Wildman–Crippen LogP) is 3.12. The molecule has 2 aliphatic heterocycles. The van der Waals surface area contributed by atoms with Gasteiger partial charge in [0.05, 0.1) is 5.60 Å². The third-order valence-electron chi connectivity index (χ3n) is 6.39. The second kappa shape index (κ2) is 9.47. The minimum atomic E-state index is -0.451. The Morgan fingerprint density at radius 2 is 1.74 bits per heavy atom. The number of carbonyl (C=O) groups is 1. The maximum atomic E-state index is 13.1. The van der Waals surface area contributed by atoms with Crippen LogP contribution in [0.5, 0.6) is 0 Å². The molecule has 2 heterocycles. The van der Waals surface area contributed by atoms with E-state index in [1.807, 2.05) is 24.3 Å². The number of hydrogen-bond donors (Lipinski definition) is 1. The van der Waals surface area contributed by atoms with Crippen LogP contribution in [0.2, 0.25) is 0 Å². The van der Waals surface area contributed by atoms with Gasteiger partial charge in [-0.25, -0.2) is 4.39 Å². The van der Waals surface area contributed by atoms with Crippen LogP contribution < -0.4 is 5.32 Å². The summed E-state index contributed by atoms with van der Waals surface area (Å²) in [7, 11) is 2.06. The minimum Gasteiger partial charge on any atom is -0.359 e. The molecule has 2 saturated heterocycles. The van der Waals surface area contributed by atoms with Crippen molar-refractivity contribution in [1.82, 2.24) is 15.1 Å². The van der Waals surface area contributed by atoms with Crippen molar-refractivity contribution >= 4 is 5.91 Å². The molecule has 1 N–H and O–H groups in total. The van der Waals surface area contributed by atoms with Crippen LogP contribution in [0.4, 0.5) is 4.39 Å². The molecule has 0 aliphatic carbocycles. The lowest BCUT2D eigenvalue weighted by atomic mass is 9.88. The van der Waals surface area contributed by atoms with E-state index in [2.05, 4.69) is 41.2 Å². The number of piperidine rings is 1. The monoisotopic (exact) mass is 425 g/mol. The smallest absolute Gasteiger partial charge is 0.250 e. The number of likely N-dealkylation sites (tertiary alicyclic amines) is 1. The molecule has 0 unspecified atom stereocenters. The first-order valence-electron chi connectivity index (χ1n) is 11.1. The lowest BCUT2D eigenvalue weighted by molar-refractivity contribution is -0.182. The standard InChI is InChI=1S/C25H32FN3O2/c1-19-3-5-20(6-4-19)15-27-24(30)23-17-28(2)18-25(31-23)11-13-29(14-12-25)16-21-7-9-22(26)10-8-21/h3-10,23H,11-18H2,1-2H3,(H,27,30)/t23-/m0/s1. The fraction of sp³-hybridized carbons (Fsp3) is 0.480. The number of aryl methyl sites for hydroxylation is 1. The average molecular weight is 426 g/mol. The molecule has 0 saturated carbocycles. The summed E-state index contributed by atoms with van der Waals surface area (Å²) < 4.78 is 19.6. The van der Waals surface area contributed by atoms with Gasteiger partial charge in [0.25, 0.3) is 5.91 Å². The first-order chi connectivity index (χ1) is 14.9. The van der Waals surface area contributed by atoms with Gasteiger partial charge in [-0.2, -0.15) is 0 Å². The van der Waals surface area contributed by atoms with Gasteiger partial charge in [0.1, 0.15) is 11.9 Å². The summed E-state index contributed by atoms with van der Waals surface area (Å²) in [6.45, 7) is 6.65. The van der Waals surface area contributed by atoms with Crippen LogP contribution in [0.3, 0.4) is 0 Å². The van der Waals surface area contributed by atoms with E-state index in [0.29, 0.717) is 13.1 Å². The maximum Gasteiger partial charge on any atom is 0.250 e. The van der Waals surface area contributed by atoms with Gasteiger partial charge in [-0.05, 0) is 50.1 Å². The Labute approximate surface area is 184 Å². The summed E-state index contributed by atoms with van der Waals surface area (Å²) in [6, 6.07) is 14.9. The molecular weight excluding hydrogens is 393 g/mol. The van der Waals surface area contributed by atoms with Gasteiger partial charge in [-0.3, -0.25) is 9.69 Å². The Balaban J connectivity index is 1.31. The SMILES string of the molecule is Cc1ccc(CNC(=O)[C@@H]2CN(C)CC3(CCN(Cc4ccc(F)cc4)CC3)O2)cc1. The molecule has 166 valence electrons. The van der Waals surface area contributed by atoms with E-state index in [1.54, 1.807) is 0 Å². The van der Waals surface area contributed by atoms with E-state index >= 15 is 0 Å². The van der Waals surface area contributed by atoms with Gasteiger partial charge in [-0.15, -0.1) is 0 Å². The van der Waals surface area contributed by atoms with Gasteiger partial charge >= 0.3 is 0 Å². The lowest BCUT2D eigenvalue weighted by Crippen LogP contribution is -2.61. The van der Waals surface area contributed by atoms with Gasteiger partial charge in [0, 0.05) is 39.3 Å². The van der Waals surface area contributed by atoms with Crippen molar-refractivity contribution in [2.75, 3.05) is 33.2 Å². The molecule has 0 aromatic heterocycles. The van der Waals surface area contributed by atoms with Crippen molar-refractivity contribution in [3.8, 4) is 0 Å². The van der Waals surface area contributed by atoms with Crippen LogP contribution in [0.15, 0.2) is 48.5 Å². The van der Waals surface area contributed by atoms with E-state index in [-0.39, 0.29) is 17.3 Å². The molecule has 1 spiro atoms. The highest BCUT2D eigenvalue weighted by Crippen LogP contribution is 2.32. The number of ether oxygens (including phenoxy) is 1. The average Bonchev–Trinajstić information content (AvgIpc) is 2.76. The van der Waals surface area contributed by atoms with E-state index in [0.717, 1.165) is 50.1 Å². The minimum absolute atomic E-state index is 0.0414. The summed E-state index contributed by atoms with van der Waals surface area (Å²) in [5.41, 5.74) is 3.14. The second-order valence-electron chi connectivity index (χ2n) is 9.09. The number of rotatable bonds is 5. The van der Waals surface area contributed by atoms with Gasteiger partial charge in [-0.1, -0.05) is 42.0 Å². The number of halogens is 1. The van der Waals surface area contributed by atoms with Gasteiger partial charge < -0.3 is 15.0 Å². The lowest BCUT2D eigenvalue weighted by Gasteiger charge is -2.48. The topological polar surface area (TPSA) is 44.8 Å². The first-order valence-corrected chi connectivity index (χ1v) is 11.1. The summed E-state index contributed by atoms with van der Waals surface area (Å²) in [4.78, 5) is 17.4. The van der Waals surface area contributed by atoms with Crippen molar-refractivity contribution < 1.29 is 13.9 Å². The molecule has 5 nitrogen and oxygen atoms in total. The molecule has 6 heteroatoms. The van der Waals surface area contributed by atoms with Crippen LogP contribution in [0.25, 0.3) is 0 Å². The molecule has 2 aliphatic rings. The number of hydrogen-bond acceptors (Lipinski definition) is 4. The van der Waals surface area contributed by atoms with E-state index < -0.39 is 6.10 Å². The highest BCUT2D eigenvalue weighted by Gasteiger charge is 2.43. The van der Waals surface area contributed by atoms with Crippen molar-refractivity contribution in [2.24, 2.45) is 0 Å². The summed E-state index contributed by atoms with van der Waals surface area (Å²) in [5.74, 6) is -0.244. The quantitative estimate of drug-likeness (QED) is 0.800. The number of carbonyl (C=O) groups excluding carboxylic acids is 1. The third kappa shape index (κ3) is 5.70. The Kier molecular flexibility index (Phi) is 6.70. The molecule has 2 aromatic rings. The molecule has 0 radical (unpaired) electrons. The van der Waals surface area contributed by atoms with Crippen molar-refractivity contribution in [1.29, 1.82) is 0 Å². The van der Waals surface area contributed by atoms with Crippen molar-refractivity contribution in [2.45, 2.75) is 44.6 Å². The first kappa shape index (κ1) is 21.9. The van der Waals surface area contributed by atoms with Gasteiger partial charge in [0.15, 0.2) is 0 Å². The number of benzene rings is 2. The zero-order valence-corrected chi connectivity index (χ0v) is 18.4. The van der Waals surface area contributed by atoms with E-state index in [4.69, 9.17) is 4.74 Å². The Morgan fingerprint density at radius 1 is 1.10 bits per heavy atom. The fourth-order valence-corrected chi connectivity index (χ4v) is 4.60. The summed E-state index contributed by atoms with van der Waals surface area (Å²) in [5, 5.41) is 3.05. The number of morpholine rings is 1. The molecule has 1 amide bonds. The van der Waals surface area contributed by atoms with Crippen LogP contribution in [0.1, 0.15) is 29.5 Å². The van der Waals surface area contributed by atoms with Crippen LogP contribution >= 0.6 is 0 Å². The molecule has 2 fully saturated rings. The number of amides is 1. The predicted molar refractivity (Wildman–Crippen MR) is 119 cm³/mol. The third-order valence-corrected chi connectivity index (χ3v) is 6.39. The zero-order chi connectivity index (χ0) is 21.8. The molecular formula is C25H32FN3O2. The van der Waals surface area contributed by atoms with E-state index in [1.165, 1.54) is 17.7 Å². The highest BCUT2D eigenvalue weighted by atomic mass is 19.1. The summed E-state index contributed by atoms with van der Waals surface area (Å²) in [6.07, 6.45) is 1.33. The van der Waals surface area contributed by atoms with Crippen LogP contribution in [-0.4, -0.2) is 60.6 Å². The Morgan fingerprint density at radius 3 is 2.42 bits per heavy atom. The van der Waals surface area contributed by atoms with Crippen LogP contribution in [-0.2, 0) is 22.6 Å². The summed E-state index contributed by atoms with van der Waals surface area (Å²) >= 11 is 0.